The number of aromatic hydroxyl groups is 2. The van der Waals surface area contributed by atoms with Crippen LogP contribution < -0.4 is 0 Å². The van der Waals surface area contributed by atoms with Crippen molar-refractivity contribution in [2.45, 2.75) is 6.04 Å². The summed E-state index contributed by atoms with van der Waals surface area (Å²) in [7, 11) is 0. The van der Waals surface area contributed by atoms with E-state index in [9.17, 15) is 10.2 Å². The van der Waals surface area contributed by atoms with Gasteiger partial charge >= 0.3 is 0 Å². The molecule has 166 valence electrons. The third kappa shape index (κ3) is 4.39. The summed E-state index contributed by atoms with van der Waals surface area (Å²) in [5.41, 5.74) is 2.41. The Morgan fingerprint density at radius 2 is 1.12 bits per heavy atom. The van der Waals surface area contributed by atoms with E-state index in [1.54, 1.807) is 24.6 Å². The van der Waals surface area contributed by atoms with Crippen LogP contribution in [-0.4, -0.2) is 29.2 Å². The summed E-state index contributed by atoms with van der Waals surface area (Å²) in [6, 6.07) is 32.8. The first-order chi connectivity index (χ1) is 16.7. The fraction of sp³-hybridized carbons (Fsp3) is 0.0667. The highest BCUT2D eigenvalue weighted by atomic mass is 16.3. The average molecular weight is 445 g/mol. The first kappa shape index (κ1) is 21.4. The summed E-state index contributed by atoms with van der Waals surface area (Å²) in [5, 5.41) is 24.9. The number of hydrogen-bond donors (Lipinski definition) is 2. The van der Waals surface area contributed by atoms with E-state index >= 15 is 0 Å². The summed E-state index contributed by atoms with van der Waals surface area (Å²) < 4.78 is 0. The van der Waals surface area contributed by atoms with Crippen molar-refractivity contribution in [3.05, 3.63) is 120 Å². The number of aliphatic imine (C=N–C) groups is 2. The second kappa shape index (κ2) is 9.59. The van der Waals surface area contributed by atoms with Crippen LogP contribution in [0.1, 0.15) is 22.7 Å². The minimum Gasteiger partial charge on any atom is -0.507 e. The molecular weight excluding hydrogens is 420 g/mol. The van der Waals surface area contributed by atoms with E-state index in [-0.39, 0.29) is 17.5 Å². The van der Waals surface area contributed by atoms with Gasteiger partial charge in [0, 0.05) is 23.6 Å². The molecule has 0 saturated carbocycles. The molecule has 0 aliphatic carbocycles. The lowest BCUT2D eigenvalue weighted by Gasteiger charge is -2.12. The summed E-state index contributed by atoms with van der Waals surface area (Å²) in [6.07, 6.45) is 3.46. The van der Waals surface area contributed by atoms with E-state index in [2.05, 4.69) is 4.99 Å². The number of phenolic OH excluding ortho intramolecular Hbond substituents is 2. The second-order valence-corrected chi connectivity index (χ2v) is 8.14. The lowest BCUT2D eigenvalue weighted by Crippen LogP contribution is -2.02. The molecule has 4 heteroatoms. The molecule has 1 unspecified atom stereocenters. The van der Waals surface area contributed by atoms with Crippen LogP contribution in [-0.2, 0) is 0 Å². The zero-order chi connectivity index (χ0) is 23.3. The van der Waals surface area contributed by atoms with E-state index in [0.717, 1.165) is 27.1 Å². The Morgan fingerprint density at radius 3 is 1.74 bits per heavy atom. The third-order valence-electron chi connectivity index (χ3n) is 5.96. The summed E-state index contributed by atoms with van der Waals surface area (Å²) >= 11 is 0. The van der Waals surface area contributed by atoms with E-state index in [1.807, 2.05) is 91.0 Å². The van der Waals surface area contributed by atoms with E-state index in [1.165, 1.54) is 0 Å². The molecule has 5 rings (SSSR count). The monoisotopic (exact) mass is 444 g/mol. The van der Waals surface area contributed by atoms with Crippen LogP contribution in [0.3, 0.4) is 0 Å². The highest BCUT2D eigenvalue weighted by Crippen LogP contribution is 2.28. The van der Waals surface area contributed by atoms with Crippen molar-refractivity contribution in [3.8, 4) is 11.5 Å². The quantitative estimate of drug-likeness (QED) is 0.287. The fourth-order valence-electron chi connectivity index (χ4n) is 4.16. The van der Waals surface area contributed by atoms with Gasteiger partial charge in [0.2, 0.25) is 0 Å². The van der Waals surface area contributed by atoms with Crippen molar-refractivity contribution >= 4 is 34.0 Å². The predicted octanol–water partition coefficient (Wildman–Crippen LogP) is 6.68. The van der Waals surface area contributed by atoms with Gasteiger partial charge in [-0.15, -0.1) is 0 Å². The van der Waals surface area contributed by atoms with Crippen molar-refractivity contribution in [2.75, 3.05) is 6.54 Å². The normalized spacial score (nSPS) is 12.7. The number of phenols is 2. The Hall–Kier alpha value is -4.44. The number of rotatable bonds is 6. The van der Waals surface area contributed by atoms with Crippen molar-refractivity contribution < 1.29 is 10.2 Å². The smallest absolute Gasteiger partial charge is 0.124 e. The van der Waals surface area contributed by atoms with Crippen molar-refractivity contribution in [1.82, 2.24) is 0 Å². The van der Waals surface area contributed by atoms with Crippen molar-refractivity contribution in [2.24, 2.45) is 9.98 Å². The Kier molecular flexibility index (Phi) is 6.04. The molecule has 0 amide bonds. The van der Waals surface area contributed by atoms with Gasteiger partial charge in [0.05, 0.1) is 12.6 Å². The molecule has 0 heterocycles. The predicted molar refractivity (Wildman–Crippen MR) is 140 cm³/mol. The summed E-state index contributed by atoms with van der Waals surface area (Å²) in [6.45, 7) is 0.398. The standard InChI is InChI=1S/C30H24N2O2/c33-29-16-14-21-8-4-6-12-24(21)26(29)18-31-20-28(23-10-2-1-3-11-23)32-19-27-25-13-7-5-9-22(25)15-17-30(27)34/h1-19,28,33-34H,20H2. The van der Waals surface area contributed by atoms with Gasteiger partial charge in [0.25, 0.3) is 0 Å². The fourth-order valence-corrected chi connectivity index (χ4v) is 4.16. The molecule has 34 heavy (non-hydrogen) atoms. The van der Waals surface area contributed by atoms with Crippen molar-refractivity contribution in [3.63, 3.8) is 0 Å². The minimum absolute atomic E-state index is 0.193. The average Bonchev–Trinajstić information content (AvgIpc) is 2.88. The van der Waals surface area contributed by atoms with Gasteiger partial charge in [-0.2, -0.15) is 0 Å². The van der Waals surface area contributed by atoms with Gasteiger partial charge in [0.1, 0.15) is 11.5 Å². The molecule has 4 nitrogen and oxygen atoms in total. The van der Waals surface area contributed by atoms with E-state index in [0.29, 0.717) is 17.7 Å². The molecule has 0 aromatic heterocycles. The Balaban J connectivity index is 1.48. The van der Waals surface area contributed by atoms with Gasteiger partial charge in [-0.05, 0) is 39.2 Å². The Morgan fingerprint density at radius 1 is 0.588 bits per heavy atom. The maximum absolute atomic E-state index is 10.5. The van der Waals surface area contributed by atoms with Crippen LogP contribution in [0.2, 0.25) is 0 Å². The number of fused-ring (bicyclic) bond motifs is 2. The maximum atomic E-state index is 10.5. The molecule has 5 aromatic rings. The first-order valence-corrected chi connectivity index (χ1v) is 11.2. The zero-order valence-electron chi connectivity index (χ0n) is 18.5. The number of nitrogens with zero attached hydrogens (tertiary/aromatic N) is 2. The lowest BCUT2D eigenvalue weighted by atomic mass is 10.0. The van der Waals surface area contributed by atoms with E-state index < -0.39 is 0 Å². The van der Waals surface area contributed by atoms with Crippen LogP contribution in [0.25, 0.3) is 21.5 Å². The highest BCUT2D eigenvalue weighted by molar-refractivity contribution is 6.03. The molecule has 1 atom stereocenters. The first-order valence-electron chi connectivity index (χ1n) is 11.2. The molecule has 0 fully saturated rings. The molecule has 0 bridgehead atoms. The van der Waals surface area contributed by atoms with Crippen molar-refractivity contribution in [1.29, 1.82) is 0 Å². The topological polar surface area (TPSA) is 65.2 Å². The number of hydrogen-bond acceptors (Lipinski definition) is 4. The number of benzene rings is 5. The Bertz CT molecular complexity index is 1510. The molecule has 0 saturated heterocycles. The maximum Gasteiger partial charge on any atom is 0.124 e. The summed E-state index contributed by atoms with van der Waals surface area (Å²) in [5.74, 6) is 0.390. The zero-order valence-corrected chi connectivity index (χ0v) is 18.5. The molecular formula is C30H24N2O2. The second-order valence-electron chi connectivity index (χ2n) is 8.14. The van der Waals surface area contributed by atoms with Gasteiger partial charge in [-0.25, -0.2) is 0 Å². The minimum atomic E-state index is -0.243. The molecule has 0 aliphatic heterocycles. The van der Waals surface area contributed by atoms with Crippen LogP contribution in [0, 0.1) is 0 Å². The molecule has 2 N–H and O–H groups in total. The van der Waals surface area contributed by atoms with Crippen LogP contribution >= 0.6 is 0 Å². The van der Waals surface area contributed by atoms with Crippen LogP contribution in [0.15, 0.2) is 113 Å². The van der Waals surface area contributed by atoms with Gasteiger partial charge in [0.15, 0.2) is 0 Å². The van der Waals surface area contributed by atoms with E-state index in [4.69, 9.17) is 4.99 Å². The summed E-state index contributed by atoms with van der Waals surface area (Å²) in [4.78, 5) is 9.49. The van der Waals surface area contributed by atoms with Crippen LogP contribution in [0.4, 0.5) is 0 Å². The van der Waals surface area contributed by atoms with Crippen LogP contribution in [0.5, 0.6) is 11.5 Å². The SMILES string of the molecule is Oc1ccc2ccccc2c1C=NCC(N=Cc1c(O)ccc2ccccc12)c1ccccc1. The van der Waals surface area contributed by atoms with Gasteiger partial charge in [-0.3, -0.25) is 9.98 Å². The molecule has 0 aliphatic rings. The molecule has 5 aromatic carbocycles. The van der Waals surface area contributed by atoms with Gasteiger partial charge in [-0.1, -0.05) is 91.0 Å². The molecule has 0 radical (unpaired) electrons. The lowest BCUT2D eigenvalue weighted by molar-refractivity contribution is 0.474. The third-order valence-corrected chi connectivity index (χ3v) is 5.96. The largest absolute Gasteiger partial charge is 0.507 e. The Labute approximate surface area is 198 Å². The van der Waals surface area contributed by atoms with Gasteiger partial charge < -0.3 is 10.2 Å². The highest BCUT2D eigenvalue weighted by Gasteiger charge is 2.11. The molecule has 0 spiro atoms.